The molecule has 5 heteroatoms. The second kappa shape index (κ2) is 6.65. The average molecular weight is 233 g/mol. The molecule has 0 bridgehead atoms. The second-order valence-corrected chi connectivity index (χ2v) is 3.47. The molecule has 1 aromatic rings. The minimum Gasteiger partial charge on any atom is -0.367 e. The summed E-state index contributed by atoms with van der Waals surface area (Å²) in [6, 6.07) is 9.73. The summed E-state index contributed by atoms with van der Waals surface area (Å²) in [5, 5.41) is 15.0. The van der Waals surface area contributed by atoms with Crippen LogP contribution in [0.2, 0.25) is 0 Å². The Morgan fingerprint density at radius 1 is 1.29 bits per heavy atom. The van der Waals surface area contributed by atoms with E-state index in [-0.39, 0.29) is 5.96 Å². The predicted octanol–water partition coefficient (Wildman–Crippen LogP) is 1.47. The molecule has 92 valence electrons. The maximum Gasteiger partial charge on any atom is 0.225 e. The third-order valence-corrected chi connectivity index (χ3v) is 2.33. The van der Waals surface area contributed by atoms with Crippen molar-refractivity contribution < 1.29 is 0 Å². The number of benzene rings is 1. The molecule has 0 aliphatic heterocycles. The monoisotopic (exact) mass is 233 g/mol. The Hall–Kier alpha value is -1.88. The van der Waals surface area contributed by atoms with Gasteiger partial charge in [0.2, 0.25) is 5.96 Å². The van der Waals surface area contributed by atoms with Crippen LogP contribution >= 0.6 is 0 Å². The number of hydrazone groups is 1. The Bertz CT molecular complexity index is 370. The van der Waals surface area contributed by atoms with E-state index in [1.165, 1.54) is 5.12 Å². The smallest absolute Gasteiger partial charge is 0.225 e. The molecule has 5 nitrogen and oxygen atoms in total. The van der Waals surface area contributed by atoms with Gasteiger partial charge in [0.05, 0.1) is 6.21 Å². The summed E-state index contributed by atoms with van der Waals surface area (Å²) in [6.45, 7) is 5.50. The number of hydrazine groups is 1. The Morgan fingerprint density at radius 2 is 1.88 bits per heavy atom. The fraction of sp³-hybridized carbons (Fsp3) is 0.333. The molecule has 0 radical (unpaired) electrons. The van der Waals surface area contributed by atoms with E-state index in [1.54, 1.807) is 6.21 Å². The van der Waals surface area contributed by atoms with Crippen LogP contribution < -0.4 is 5.73 Å². The fourth-order valence-electron chi connectivity index (χ4n) is 1.44. The molecule has 0 aliphatic rings. The lowest BCUT2D eigenvalue weighted by molar-refractivity contribution is 0.0581. The van der Waals surface area contributed by atoms with E-state index in [1.807, 2.05) is 49.2 Å². The van der Waals surface area contributed by atoms with Crippen molar-refractivity contribution in [3.63, 3.8) is 0 Å². The van der Waals surface area contributed by atoms with Crippen LogP contribution in [0.25, 0.3) is 0 Å². The van der Waals surface area contributed by atoms with E-state index in [4.69, 9.17) is 11.1 Å². The maximum atomic E-state index is 7.50. The molecule has 0 aliphatic carbocycles. The molecule has 1 rings (SSSR count). The van der Waals surface area contributed by atoms with E-state index in [0.29, 0.717) is 0 Å². The molecule has 0 atom stereocenters. The molecule has 0 saturated heterocycles. The number of nitrogens with two attached hydrogens (primary N) is 1. The Balaban J connectivity index is 2.80. The number of nitrogens with zero attached hydrogens (tertiary/aromatic N) is 3. The number of guanidine groups is 1. The summed E-state index contributed by atoms with van der Waals surface area (Å²) in [6.07, 6.45) is 1.69. The van der Waals surface area contributed by atoms with Crippen molar-refractivity contribution in [1.82, 2.24) is 10.1 Å². The first-order valence-electron chi connectivity index (χ1n) is 5.67. The van der Waals surface area contributed by atoms with Gasteiger partial charge < -0.3 is 5.73 Å². The SMILES string of the molecule is CCN(CC)N(N=Cc1ccccc1)C(=N)N. The molecule has 0 aromatic heterocycles. The lowest BCUT2D eigenvalue weighted by Crippen LogP contribution is -2.46. The van der Waals surface area contributed by atoms with Gasteiger partial charge in [-0.15, -0.1) is 0 Å². The van der Waals surface area contributed by atoms with Gasteiger partial charge in [-0.3, -0.25) is 5.41 Å². The Morgan fingerprint density at radius 3 is 2.35 bits per heavy atom. The third-order valence-electron chi connectivity index (χ3n) is 2.33. The summed E-state index contributed by atoms with van der Waals surface area (Å²) in [5.41, 5.74) is 6.48. The molecule has 0 heterocycles. The summed E-state index contributed by atoms with van der Waals surface area (Å²) in [7, 11) is 0. The van der Waals surface area contributed by atoms with Crippen molar-refractivity contribution in [2.24, 2.45) is 10.8 Å². The van der Waals surface area contributed by atoms with Gasteiger partial charge in [0, 0.05) is 13.1 Å². The van der Waals surface area contributed by atoms with Gasteiger partial charge in [-0.1, -0.05) is 44.2 Å². The largest absolute Gasteiger partial charge is 0.367 e. The minimum absolute atomic E-state index is 0.0825. The van der Waals surface area contributed by atoms with Crippen LogP contribution in [0.4, 0.5) is 0 Å². The van der Waals surface area contributed by atoms with Crippen molar-refractivity contribution in [3.8, 4) is 0 Å². The molecular formula is C12H19N5. The van der Waals surface area contributed by atoms with Crippen molar-refractivity contribution >= 4 is 12.2 Å². The first kappa shape index (κ1) is 13.2. The Labute approximate surface area is 102 Å². The van der Waals surface area contributed by atoms with Crippen molar-refractivity contribution in [2.45, 2.75) is 13.8 Å². The number of nitrogens with one attached hydrogen (secondary N) is 1. The van der Waals surface area contributed by atoms with E-state index in [2.05, 4.69) is 5.10 Å². The number of hydrogen-bond donors (Lipinski definition) is 2. The lowest BCUT2D eigenvalue weighted by atomic mass is 10.2. The molecule has 0 fully saturated rings. The van der Waals surface area contributed by atoms with Gasteiger partial charge in [-0.2, -0.15) is 15.2 Å². The summed E-state index contributed by atoms with van der Waals surface area (Å²) in [5.74, 6) is -0.0825. The molecular weight excluding hydrogens is 214 g/mol. The first-order valence-corrected chi connectivity index (χ1v) is 5.67. The van der Waals surface area contributed by atoms with Crippen LogP contribution in [0.3, 0.4) is 0 Å². The minimum atomic E-state index is -0.0825. The van der Waals surface area contributed by atoms with Crippen LogP contribution in [-0.4, -0.2) is 35.4 Å². The van der Waals surface area contributed by atoms with Crippen molar-refractivity contribution in [2.75, 3.05) is 13.1 Å². The normalized spacial score (nSPS) is 11.0. The quantitative estimate of drug-likeness (QED) is 0.460. The van der Waals surface area contributed by atoms with Crippen LogP contribution in [0.5, 0.6) is 0 Å². The van der Waals surface area contributed by atoms with Crippen LogP contribution in [0.1, 0.15) is 19.4 Å². The zero-order valence-corrected chi connectivity index (χ0v) is 10.3. The van der Waals surface area contributed by atoms with E-state index >= 15 is 0 Å². The Kier molecular flexibility index (Phi) is 5.16. The molecule has 0 amide bonds. The first-order chi connectivity index (χ1) is 8.19. The van der Waals surface area contributed by atoms with Gasteiger partial charge in [-0.05, 0) is 5.56 Å². The van der Waals surface area contributed by atoms with Gasteiger partial charge in [0.25, 0.3) is 0 Å². The third kappa shape index (κ3) is 3.88. The summed E-state index contributed by atoms with van der Waals surface area (Å²) in [4.78, 5) is 0. The topological polar surface area (TPSA) is 68.7 Å². The summed E-state index contributed by atoms with van der Waals surface area (Å²) >= 11 is 0. The zero-order chi connectivity index (χ0) is 12.7. The van der Waals surface area contributed by atoms with Crippen LogP contribution in [-0.2, 0) is 0 Å². The van der Waals surface area contributed by atoms with Crippen molar-refractivity contribution in [3.05, 3.63) is 35.9 Å². The average Bonchev–Trinajstić information content (AvgIpc) is 2.35. The highest BCUT2D eigenvalue weighted by Gasteiger charge is 2.11. The zero-order valence-electron chi connectivity index (χ0n) is 10.3. The lowest BCUT2D eigenvalue weighted by Gasteiger charge is -2.28. The highest BCUT2D eigenvalue weighted by atomic mass is 15.8. The highest BCUT2D eigenvalue weighted by molar-refractivity contribution is 5.81. The van der Waals surface area contributed by atoms with Crippen molar-refractivity contribution in [1.29, 1.82) is 5.41 Å². The molecule has 17 heavy (non-hydrogen) atoms. The second-order valence-electron chi connectivity index (χ2n) is 3.47. The van der Waals surface area contributed by atoms with E-state index in [9.17, 15) is 0 Å². The van der Waals surface area contributed by atoms with Gasteiger partial charge in [0.1, 0.15) is 0 Å². The molecule has 3 N–H and O–H groups in total. The van der Waals surface area contributed by atoms with Gasteiger partial charge >= 0.3 is 0 Å². The van der Waals surface area contributed by atoms with Gasteiger partial charge in [0.15, 0.2) is 0 Å². The van der Waals surface area contributed by atoms with E-state index in [0.717, 1.165) is 18.7 Å². The number of rotatable bonds is 5. The molecule has 0 saturated carbocycles. The molecule has 1 aromatic carbocycles. The number of hydrogen-bond acceptors (Lipinski definition) is 3. The fourth-order valence-corrected chi connectivity index (χ4v) is 1.44. The van der Waals surface area contributed by atoms with Crippen LogP contribution in [0.15, 0.2) is 35.4 Å². The standard InChI is InChI=1S/C12H19N5/c1-3-16(4-2)17(12(13)14)15-10-11-8-6-5-7-9-11/h5-10H,3-4H2,1-2H3,(H3,13,14). The molecule has 0 spiro atoms. The predicted molar refractivity (Wildman–Crippen MR) is 70.7 cm³/mol. The van der Waals surface area contributed by atoms with Gasteiger partial charge in [-0.25, -0.2) is 0 Å². The molecule has 0 unspecified atom stereocenters. The van der Waals surface area contributed by atoms with E-state index < -0.39 is 0 Å². The highest BCUT2D eigenvalue weighted by Crippen LogP contribution is 2.00. The summed E-state index contributed by atoms with van der Waals surface area (Å²) < 4.78 is 0. The van der Waals surface area contributed by atoms with Crippen LogP contribution in [0, 0.1) is 5.41 Å². The maximum absolute atomic E-state index is 7.50.